The summed E-state index contributed by atoms with van der Waals surface area (Å²) < 4.78 is 11.8. The highest BCUT2D eigenvalue weighted by Gasteiger charge is 2.18. The van der Waals surface area contributed by atoms with Crippen LogP contribution in [0.1, 0.15) is 6.42 Å². The molecule has 0 atom stereocenters. The standard InChI is InChI=1S/C22H21N7O3S/c1-26-14-23-19-17(26)20(30)28(22(31)27(19)2)11-7-13-33-21-25-24-18(16-10-6-12-32-16)29(21)15-8-4-3-5-9-15/h3-6,8-10,12,14H,7,11,13H2,1-2H3. The van der Waals surface area contributed by atoms with E-state index < -0.39 is 0 Å². The maximum atomic E-state index is 12.9. The summed E-state index contributed by atoms with van der Waals surface area (Å²) in [5, 5.41) is 9.39. The summed E-state index contributed by atoms with van der Waals surface area (Å²) in [6.07, 6.45) is 3.74. The van der Waals surface area contributed by atoms with Crippen molar-refractivity contribution < 1.29 is 4.42 Å². The predicted molar refractivity (Wildman–Crippen MR) is 125 cm³/mol. The minimum atomic E-state index is -0.372. The number of imidazole rings is 1. The summed E-state index contributed by atoms with van der Waals surface area (Å²) in [7, 11) is 3.37. The van der Waals surface area contributed by atoms with Crippen LogP contribution in [0.25, 0.3) is 28.4 Å². The monoisotopic (exact) mass is 463 g/mol. The second kappa shape index (κ2) is 8.58. The van der Waals surface area contributed by atoms with Crippen LogP contribution in [0.15, 0.2) is 74.2 Å². The molecule has 0 fully saturated rings. The van der Waals surface area contributed by atoms with Crippen molar-refractivity contribution >= 4 is 22.9 Å². The first-order valence-corrected chi connectivity index (χ1v) is 11.3. The van der Waals surface area contributed by atoms with Crippen molar-refractivity contribution in [1.29, 1.82) is 0 Å². The van der Waals surface area contributed by atoms with Crippen molar-refractivity contribution in [2.75, 3.05) is 5.75 Å². The number of furan rings is 1. The van der Waals surface area contributed by atoms with E-state index in [-0.39, 0.29) is 11.2 Å². The third-order valence-electron chi connectivity index (χ3n) is 5.35. The van der Waals surface area contributed by atoms with Gasteiger partial charge >= 0.3 is 5.69 Å². The molecular formula is C22H21N7O3S. The van der Waals surface area contributed by atoms with Gasteiger partial charge in [0.15, 0.2) is 22.1 Å². The van der Waals surface area contributed by atoms with Crippen molar-refractivity contribution in [2.24, 2.45) is 14.1 Å². The van der Waals surface area contributed by atoms with Gasteiger partial charge in [0.2, 0.25) is 5.82 Å². The Bertz CT molecular complexity index is 1530. The van der Waals surface area contributed by atoms with E-state index in [9.17, 15) is 9.59 Å². The number of hydrogen-bond acceptors (Lipinski definition) is 7. The summed E-state index contributed by atoms with van der Waals surface area (Å²) in [6.45, 7) is 0.296. The molecule has 4 heterocycles. The molecule has 0 N–H and O–H groups in total. The maximum Gasteiger partial charge on any atom is 0.332 e. The van der Waals surface area contributed by atoms with E-state index in [2.05, 4.69) is 15.2 Å². The maximum absolute atomic E-state index is 12.9. The molecule has 0 saturated carbocycles. The van der Waals surface area contributed by atoms with E-state index >= 15 is 0 Å². The Kier molecular flexibility index (Phi) is 5.47. The Labute approximate surface area is 192 Å². The first-order chi connectivity index (χ1) is 16.1. The van der Waals surface area contributed by atoms with Gasteiger partial charge in [0, 0.05) is 32.1 Å². The second-order valence-corrected chi connectivity index (χ2v) is 8.54. The fourth-order valence-corrected chi connectivity index (χ4v) is 4.59. The van der Waals surface area contributed by atoms with Crippen molar-refractivity contribution in [3.63, 3.8) is 0 Å². The van der Waals surface area contributed by atoms with Crippen molar-refractivity contribution in [1.82, 2.24) is 33.4 Å². The molecule has 0 amide bonds. The first-order valence-electron chi connectivity index (χ1n) is 10.3. The van der Waals surface area contributed by atoms with Crippen molar-refractivity contribution in [3.8, 4) is 17.3 Å². The molecule has 0 aliphatic carbocycles. The zero-order valence-corrected chi connectivity index (χ0v) is 18.9. The average molecular weight is 464 g/mol. The predicted octanol–water partition coefficient (Wildman–Crippen LogP) is 2.46. The van der Waals surface area contributed by atoms with Gasteiger partial charge in [-0.05, 0) is 30.7 Å². The number of rotatable bonds is 7. The molecule has 5 rings (SSSR count). The second-order valence-electron chi connectivity index (χ2n) is 7.48. The molecule has 0 radical (unpaired) electrons. The van der Waals surface area contributed by atoms with Crippen LogP contribution in [0.4, 0.5) is 0 Å². The van der Waals surface area contributed by atoms with Gasteiger partial charge in [0.25, 0.3) is 5.56 Å². The van der Waals surface area contributed by atoms with Crippen LogP contribution in [0.3, 0.4) is 0 Å². The minimum Gasteiger partial charge on any atom is -0.461 e. The fourth-order valence-electron chi connectivity index (χ4n) is 3.72. The van der Waals surface area contributed by atoms with Gasteiger partial charge in [0.05, 0.1) is 12.6 Å². The molecule has 0 unspecified atom stereocenters. The molecule has 0 aliphatic rings. The van der Waals surface area contributed by atoms with E-state index in [1.807, 2.05) is 47.0 Å². The van der Waals surface area contributed by atoms with Gasteiger partial charge < -0.3 is 8.98 Å². The van der Waals surface area contributed by atoms with Gasteiger partial charge in [-0.1, -0.05) is 30.0 Å². The van der Waals surface area contributed by atoms with E-state index in [0.29, 0.717) is 46.6 Å². The number of thioether (sulfide) groups is 1. The van der Waals surface area contributed by atoms with Crippen molar-refractivity contribution in [3.05, 3.63) is 75.9 Å². The molecule has 168 valence electrons. The molecule has 0 saturated heterocycles. The number of aromatic nitrogens is 7. The molecular weight excluding hydrogens is 442 g/mol. The van der Waals surface area contributed by atoms with Crippen LogP contribution in [0, 0.1) is 0 Å². The van der Waals surface area contributed by atoms with Crippen LogP contribution >= 0.6 is 11.8 Å². The molecule has 11 heteroatoms. The molecule has 0 spiro atoms. The third kappa shape index (κ3) is 3.69. The number of benzene rings is 1. The van der Waals surface area contributed by atoms with Gasteiger partial charge in [-0.25, -0.2) is 9.78 Å². The summed E-state index contributed by atoms with van der Waals surface area (Å²) in [5.74, 6) is 1.88. The highest BCUT2D eigenvalue weighted by atomic mass is 32.2. The van der Waals surface area contributed by atoms with Crippen LogP contribution in [0.5, 0.6) is 0 Å². The average Bonchev–Trinajstić information content (AvgIpc) is 3.57. The number of nitrogens with zero attached hydrogens (tertiary/aromatic N) is 7. The summed E-state index contributed by atoms with van der Waals surface area (Å²) in [6, 6.07) is 13.5. The molecule has 1 aromatic carbocycles. The highest BCUT2D eigenvalue weighted by molar-refractivity contribution is 7.99. The lowest BCUT2D eigenvalue weighted by molar-refractivity contribution is 0.575. The van der Waals surface area contributed by atoms with E-state index in [1.165, 1.54) is 20.9 Å². The van der Waals surface area contributed by atoms with E-state index in [4.69, 9.17) is 4.42 Å². The zero-order chi connectivity index (χ0) is 22.9. The van der Waals surface area contributed by atoms with Gasteiger partial charge in [-0.15, -0.1) is 10.2 Å². The largest absolute Gasteiger partial charge is 0.461 e. The first kappa shape index (κ1) is 21.0. The Morgan fingerprint density at radius 2 is 1.85 bits per heavy atom. The minimum absolute atomic E-state index is 0.296. The van der Waals surface area contributed by atoms with Crippen LogP contribution in [-0.2, 0) is 20.6 Å². The lowest BCUT2D eigenvalue weighted by Crippen LogP contribution is -2.39. The van der Waals surface area contributed by atoms with Gasteiger partial charge in [-0.2, -0.15) is 0 Å². The normalized spacial score (nSPS) is 11.5. The summed E-state index contributed by atoms with van der Waals surface area (Å²) >= 11 is 1.51. The van der Waals surface area contributed by atoms with Crippen LogP contribution in [0.2, 0.25) is 0 Å². The fraction of sp³-hybridized carbons (Fsp3) is 0.227. The Morgan fingerprint density at radius 1 is 1.03 bits per heavy atom. The number of aryl methyl sites for hydroxylation is 2. The van der Waals surface area contributed by atoms with E-state index in [0.717, 1.165) is 5.69 Å². The van der Waals surface area contributed by atoms with Crippen LogP contribution < -0.4 is 11.2 Å². The van der Waals surface area contributed by atoms with Gasteiger partial charge in [0.1, 0.15) is 0 Å². The molecule has 33 heavy (non-hydrogen) atoms. The van der Waals surface area contributed by atoms with Crippen LogP contribution in [-0.4, -0.2) is 39.2 Å². The number of para-hydroxylation sites is 1. The summed E-state index contributed by atoms with van der Waals surface area (Å²) in [4.78, 5) is 29.7. The number of fused-ring (bicyclic) bond motifs is 1. The quantitative estimate of drug-likeness (QED) is 0.270. The Morgan fingerprint density at radius 3 is 2.61 bits per heavy atom. The van der Waals surface area contributed by atoms with Gasteiger partial charge in [-0.3, -0.25) is 18.5 Å². The lowest BCUT2D eigenvalue weighted by atomic mass is 10.3. The SMILES string of the molecule is Cn1cnc2c1c(=O)n(CCCSc1nnc(-c3ccco3)n1-c1ccccc1)c(=O)n2C. The highest BCUT2D eigenvalue weighted by Crippen LogP contribution is 2.28. The smallest absolute Gasteiger partial charge is 0.332 e. The summed E-state index contributed by atoms with van der Waals surface area (Å²) in [5.41, 5.74) is 1.02. The zero-order valence-electron chi connectivity index (χ0n) is 18.1. The number of hydrogen-bond donors (Lipinski definition) is 0. The van der Waals surface area contributed by atoms with Crippen molar-refractivity contribution in [2.45, 2.75) is 18.1 Å². The molecule has 10 nitrogen and oxygen atoms in total. The van der Waals surface area contributed by atoms with E-state index in [1.54, 1.807) is 31.3 Å². The molecule has 5 aromatic rings. The lowest BCUT2D eigenvalue weighted by Gasteiger charge is -2.10. The Hall–Kier alpha value is -3.86. The molecule has 0 aliphatic heterocycles. The Balaban J connectivity index is 1.38. The topological polar surface area (TPSA) is 106 Å². The third-order valence-corrected chi connectivity index (χ3v) is 6.36. The molecule has 0 bridgehead atoms. The molecule has 4 aromatic heterocycles.